The topological polar surface area (TPSA) is 74.7 Å². The van der Waals surface area contributed by atoms with Gasteiger partial charge in [0, 0.05) is 23.9 Å². The molecular formula is C31H28N4O2. The zero-order valence-electron chi connectivity index (χ0n) is 20.6. The summed E-state index contributed by atoms with van der Waals surface area (Å²) in [4.78, 5) is 37.7. The lowest BCUT2D eigenvalue weighted by Crippen LogP contribution is -2.41. The van der Waals surface area contributed by atoms with Crippen molar-refractivity contribution in [1.29, 1.82) is 0 Å². The average Bonchev–Trinajstić information content (AvgIpc) is 3.67. The number of carbonyl (C=O) groups is 2. The second kappa shape index (κ2) is 8.23. The highest BCUT2D eigenvalue weighted by atomic mass is 16.2. The maximum Gasteiger partial charge on any atom is 0.256 e. The van der Waals surface area contributed by atoms with Gasteiger partial charge in [0.05, 0.1) is 5.41 Å². The molecule has 7 rings (SSSR count). The molecule has 2 amide bonds. The summed E-state index contributed by atoms with van der Waals surface area (Å²) < 4.78 is 0. The molecule has 0 saturated heterocycles. The van der Waals surface area contributed by atoms with Gasteiger partial charge in [-0.3, -0.25) is 19.5 Å². The van der Waals surface area contributed by atoms with Crippen molar-refractivity contribution in [2.75, 3.05) is 11.9 Å². The Kier molecular flexibility index (Phi) is 4.93. The number of carbonyl (C=O) groups excluding carboxylic acids is 2. The lowest BCUT2D eigenvalue weighted by atomic mass is 9.79. The number of nitrogens with zero attached hydrogens (tertiary/aromatic N) is 3. The van der Waals surface area contributed by atoms with Crippen molar-refractivity contribution in [3.8, 4) is 0 Å². The molecule has 0 radical (unpaired) electrons. The van der Waals surface area contributed by atoms with E-state index in [9.17, 15) is 9.59 Å². The lowest BCUT2D eigenvalue weighted by Gasteiger charge is -2.21. The fourth-order valence-electron chi connectivity index (χ4n) is 6.61. The van der Waals surface area contributed by atoms with Crippen LogP contribution in [0, 0.1) is 0 Å². The number of anilines is 1. The number of hydrogen-bond donors (Lipinski definition) is 1. The molecule has 2 aliphatic heterocycles. The molecule has 1 aromatic heterocycles. The molecule has 37 heavy (non-hydrogen) atoms. The van der Waals surface area contributed by atoms with Crippen molar-refractivity contribution in [3.05, 3.63) is 101 Å². The Morgan fingerprint density at radius 2 is 1.76 bits per heavy atom. The van der Waals surface area contributed by atoms with Gasteiger partial charge in [-0.25, -0.2) is 4.98 Å². The molecular weight excluding hydrogens is 460 g/mol. The highest BCUT2D eigenvalue weighted by Crippen LogP contribution is 2.46. The van der Waals surface area contributed by atoms with Crippen LogP contribution in [0.4, 0.5) is 5.82 Å². The molecule has 1 fully saturated rings. The molecule has 4 aliphatic rings. The zero-order valence-corrected chi connectivity index (χ0v) is 20.6. The number of aromatic nitrogens is 1. The van der Waals surface area contributed by atoms with Crippen molar-refractivity contribution in [2.24, 2.45) is 4.99 Å². The molecule has 184 valence electrons. The number of fused-ring (bicyclic) bond motifs is 3. The monoisotopic (exact) mass is 488 g/mol. The number of rotatable bonds is 4. The van der Waals surface area contributed by atoms with Crippen molar-refractivity contribution < 1.29 is 9.59 Å². The zero-order chi connectivity index (χ0) is 25.0. The summed E-state index contributed by atoms with van der Waals surface area (Å²) in [7, 11) is 0. The van der Waals surface area contributed by atoms with Crippen molar-refractivity contribution >= 4 is 29.5 Å². The predicted octanol–water partition coefficient (Wildman–Crippen LogP) is 4.69. The highest BCUT2D eigenvalue weighted by Gasteiger charge is 2.51. The Balaban J connectivity index is 1.13. The second-order valence-electron chi connectivity index (χ2n) is 10.7. The summed E-state index contributed by atoms with van der Waals surface area (Å²) in [5, 5.41) is 2.97. The molecule has 1 N–H and O–H groups in total. The first kappa shape index (κ1) is 22.2. The largest absolute Gasteiger partial charge is 0.310 e. The Morgan fingerprint density at radius 1 is 0.946 bits per heavy atom. The molecule has 1 saturated carbocycles. The molecule has 0 bridgehead atoms. The molecule has 1 atom stereocenters. The van der Waals surface area contributed by atoms with Gasteiger partial charge in [0.1, 0.15) is 17.2 Å². The summed E-state index contributed by atoms with van der Waals surface area (Å²) in [6, 6.07) is 20.4. The Bertz CT molecular complexity index is 1490. The van der Waals surface area contributed by atoms with Gasteiger partial charge in [0.15, 0.2) is 0 Å². The molecule has 6 nitrogen and oxygen atoms in total. The summed E-state index contributed by atoms with van der Waals surface area (Å²) in [5.41, 5.74) is 4.32. The molecule has 2 aliphatic carbocycles. The highest BCUT2D eigenvalue weighted by molar-refractivity contribution is 6.15. The average molecular weight is 489 g/mol. The first-order valence-corrected chi connectivity index (χ1v) is 13.1. The van der Waals surface area contributed by atoms with Crippen LogP contribution in [-0.2, 0) is 27.8 Å². The molecule has 3 heterocycles. The van der Waals surface area contributed by atoms with Crippen LogP contribution in [0.5, 0.6) is 0 Å². The normalized spacial score (nSPS) is 23.2. The molecule has 2 aromatic carbocycles. The predicted molar refractivity (Wildman–Crippen MR) is 143 cm³/mol. The number of benzene rings is 2. The summed E-state index contributed by atoms with van der Waals surface area (Å²) in [6.45, 7) is 0.483. The van der Waals surface area contributed by atoms with Gasteiger partial charge in [0.25, 0.3) is 5.91 Å². The van der Waals surface area contributed by atoms with Gasteiger partial charge in [-0.1, -0.05) is 79.6 Å². The first-order valence-electron chi connectivity index (χ1n) is 13.1. The van der Waals surface area contributed by atoms with Crippen LogP contribution in [0.2, 0.25) is 0 Å². The Morgan fingerprint density at radius 3 is 2.59 bits per heavy atom. The smallest absolute Gasteiger partial charge is 0.256 e. The minimum Gasteiger partial charge on any atom is -0.310 e. The summed E-state index contributed by atoms with van der Waals surface area (Å²) in [6.07, 6.45) is 11.0. The van der Waals surface area contributed by atoms with Crippen LogP contribution >= 0.6 is 0 Å². The molecule has 2 spiro atoms. The first-order chi connectivity index (χ1) is 18.1. The van der Waals surface area contributed by atoms with E-state index < -0.39 is 11.0 Å². The molecule has 6 heteroatoms. The van der Waals surface area contributed by atoms with Crippen LogP contribution in [0.1, 0.15) is 53.5 Å². The van der Waals surface area contributed by atoms with E-state index in [1.165, 1.54) is 11.1 Å². The maximum atomic E-state index is 13.5. The van der Waals surface area contributed by atoms with E-state index in [0.29, 0.717) is 25.2 Å². The van der Waals surface area contributed by atoms with Gasteiger partial charge in [-0.2, -0.15) is 0 Å². The third kappa shape index (κ3) is 3.39. The van der Waals surface area contributed by atoms with E-state index in [0.717, 1.165) is 48.2 Å². The standard InChI is InChI=1S/C31H28N4O2/c36-28-30(25-11-6-16-32-26(25)33-28)19-23-13-12-21(18-24(23)20-30)8-7-17-35-27(22-9-2-1-3-10-22)34-31(29(35)37)14-4-5-15-31/h1-3,6-13,16,18H,4-5,14-15,17,19-20H2,(H,32,33,36). The number of aliphatic imine (C=N–C) groups is 1. The third-order valence-electron chi connectivity index (χ3n) is 8.48. The van der Waals surface area contributed by atoms with E-state index in [4.69, 9.17) is 4.99 Å². The van der Waals surface area contributed by atoms with Crippen LogP contribution in [0.3, 0.4) is 0 Å². The van der Waals surface area contributed by atoms with Gasteiger partial charge in [-0.15, -0.1) is 0 Å². The van der Waals surface area contributed by atoms with Gasteiger partial charge < -0.3 is 5.32 Å². The van der Waals surface area contributed by atoms with E-state index in [1.807, 2.05) is 47.4 Å². The minimum atomic E-state index is -0.575. The van der Waals surface area contributed by atoms with Crippen molar-refractivity contribution in [1.82, 2.24) is 9.88 Å². The number of nitrogens with one attached hydrogen (secondary N) is 1. The second-order valence-corrected chi connectivity index (χ2v) is 10.7. The molecule has 3 aromatic rings. The maximum absolute atomic E-state index is 13.5. The fourth-order valence-corrected chi connectivity index (χ4v) is 6.61. The van der Waals surface area contributed by atoms with E-state index in [-0.39, 0.29) is 11.8 Å². The van der Waals surface area contributed by atoms with Crippen LogP contribution in [-0.4, -0.2) is 39.6 Å². The van der Waals surface area contributed by atoms with Crippen molar-refractivity contribution in [2.45, 2.75) is 49.5 Å². The van der Waals surface area contributed by atoms with Crippen molar-refractivity contribution in [3.63, 3.8) is 0 Å². The third-order valence-corrected chi connectivity index (χ3v) is 8.48. The van der Waals surface area contributed by atoms with Crippen LogP contribution in [0.25, 0.3) is 6.08 Å². The van der Waals surface area contributed by atoms with E-state index >= 15 is 0 Å². The van der Waals surface area contributed by atoms with Crippen LogP contribution in [0.15, 0.2) is 77.9 Å². The summed E-state index contributed by atoms with van der Waals surface area (Å²) in [5.74, 6) is 1.64. The van der Waals surface area contributed by atoms with Gasteiger partial charge in [-0.05, 0) is 48.4 Å². The number of hydrogen-bond acceptors (Lipinski definition) is 4. The number of amidine groups is 1. The minimum absolute atomic E-state index is 0.0376. The van der Waals surface area contributed by atoms with E-state index in [1.54, 1.807) is 6.20 Å². The number of amides is 2. The Labute approximate surface area is 216 Å². The summed E-state index contributed by atoms with van der Waals surface area (Å²) >= 11 is 0. The fraction of sp³-hybridized carbons (Fsp3) is 0.290. The van der Waals surface area contributed by atoms with Gasteiger partial charge >= 0.3 is 0 Å². The van der Waals surface area contributed by atoms with E-state index in [2.05, 4.69) is 40.7 Å². The lowest BCUT2D eigenvalue weighted by molar-refractivity contribution is -0.130. The molecule has 1 unspecified atom stereocenters. The van der Waals surface area contributed by atoms with Crippen LogP contribution < -0.4 is 5.32 Å². The SMILES string of the molecule is O=C1N(CC=Cc2ccc3c(c2)CC2(C3)C(=O)Nc3ncccc32)C(c2ccccc2)=NC12CCCC2. The quantitative estimate of drug-likeness (QED) is 0.579. The van der Waals surface area contributed by atoms with Gasteiger partial charge in [0.2, 0.25) is 5.91 Å². The number of pyridine rings is 1. The Hall–Kier alpha value is -4.06.